The highest BCUT2D eigenvalue weighted by molar-refractivity contribution is 5.85. The average molecular weight is 254 g/mol. The van der Waals surface area contributed by atoms with Gasteiger partial charge in [0, 0.05) is 5.69 Å². The van der Waals surface area contributed by atoms with Gasteiger partial charge >= 0.3 is 0 Å². The molecular formula is C16H18N2O. The van der Waals surface area contributed by atoms with Crippen molar-refractivity contribution in [3.8, 4) is 0 Å². The number of nitrogens with one attached hydrogen (secondary N) is 1. The first-order valence-electron chi connectivity index (χ1n) is 6.26. The first-order valence-corrected chi connectivity index (χ1v) is 6.26. The predicted octanol–water partition coefficient (Wildman–Crippen LogP) is 2.94. The molecule has 98 valence electrons. The van der Waals surface area contributed by atoms with Crippen molar-refractivity contribution >= 4 is 11.6 Å². The van der Waals surface area contributed by atoms with Crippen LogP contribution >= 0.6 is 0 Å². The third-order valence-electron chi connectivity index (χ3n) is 3.23. The molecule has 0 aliphatic carbocycles. The molecule has 0 fully saturated rings. The van der Waals surface area contributed by atoms with Gasteiger partial charge in [-0.25, -0.2) is 0 Å². The van der Waals surface area contributed by atoms with Crippen LogP contribution in [-0.2, 0) is 4.79 Å². The Morgan fingerprint density at radius 3 is 2.16 bits per heavy atom. The van der Waals surface area contributed by atoms with Crippen LogP contribution < -0.4 is 11.1 Å². The molecule has 1 amide bonds. The summed E-state index contributed by atoms with van der Waals surface area (Å²) in [7, 11) is 0. The molecule has 3 heteroatoms. The lowest BCUT2D eigenvalue weighted by Crippen LogP contribution is -2.28. The summed E-state index contributed by atoms with van der Waals surface area (Å²) < 4.78 is 0. The Morgan fingerprint density at radius 2 is 1.58 bits per heavy atom. The largest absolute Gasteiger partial charge is 0.370 e. The van der Waals surface area contributed by atoms with Gasteiger partial charge in [-0.1, -0.05) is 42.5 Å². The van der Waals surface area contributed by atoms with E-state index in [9.17, 15) is 4.79 Å². The van der Waals surface area contributed by atoms with Gasteiger partial charge in [-0.3, -0.25) is 4.79 Å². The second kappa shape index (κ2) is 5.57. The van der Waals surface area contributed by atoms with Crippen LogP contribution in [0.4, 0.5) is 5.69 Å². The Bertz CT molecular complexity index is 593. The van der Waals surface area contributed by atoms with Gasteiger partial charge in [0.2, 0.25) is 5.91 Å². The number of amides is 1. The summed E-state index contributed by atoms with van der Waals surface area (Å²) in [4.78, 5) is 11.7. The lowest BCUT2D eigenvalue weighted by Gasteiger charge is -2.20. The molecule has 0 radical (unpaired) electrons. The highest BCUT2D eigenvalue weighted by atomic mass is 16.1. The smallest absolute Gasteiger partial charge is 0.244 e. The Labute approximate surface area is 113 Å². The van der Waals surface area contributed by atoms with Crippen molar-refractivity contribution in [2.45, 2.75) is 19.9 Å². The number of para-hydroxylation sites is 1. The lowest BCUT2D eigenvalue weighted by atomic mass is 10.00. The second-order valence-corrected chi connectivity index (χ2v) is 4.65. The minimum atomic E-state index is -0.512. The Hall–Kier alpha value is -2.29. The van der Waals surface area contributed by atoms with Crippen LogP contribution in [0, 0.1) is 13.8 Å². The van der Waals surface area contributed by atoms with Crippen LogP contribution in [0.1, 0.15) is 22.7 Å². The van der Waals surface area contributed by atoms with Gasteiger partial charge in [0.15, 0.2) is 0 Å². The van der Waals surface area contributed by atoms with E-state index < -0.39 is 6.04 Å². The van der Waals surface area contributed by atoms with Gasteiger partial charge in [0.25, 0.3) is 0 Å². The van der Waals surface area contributed by atoms with Crippen molar-refractivity contribution in [2.24, 2.45) is 5.73 Å². The molecule has 0 spiro atoms. The fraction of sp³-hybridized carbons (Fsp3) is 0.188. The van der Waals surface area contributed by atoms with Crippen molar-refractivity contribution in [3.63, 3.8) is 0 Å². The maximum atomic E-state index is 11.7. The van der Waals surface area contributed by atoms with Crippen molar-refractivity contribution in [2.75, 3.05) is 5.32 Å². The van der Waals surface area contributed by atoms with E-state index in [0.29, 0.717) is 0 Å². The van der Waals surface area contributed by atoms with Crippen LogP contribution in [0.3, 0.4) is 0 Å². The maximum absolute atomic E-state index is 11.7. The molecule has 0 aliphatic rings. The minimum absolute atomic E-state index is 0.377. The van der Waals surface area contributed by atoms with E-state index in [2.05, 4.69) is 5.32 Å². The lowest BCUT2D eigenvalue weighted by molar-refractivity contribution is -0.118. The van der Waals surface area contributed by atoms with Gasteiger partial charge in [-0.15, -0.1) is 0 Å². The number of benzene rings is 2. The van der Waals surface area contributed by atoms with E-state index in [4.69, 9.17) is 5.73 Å². The normalized spacial score (nSPS) is 11.9. The monoisotopic (exact) mass is 254 g/mol. The zero-order chi connectivity index (χ0) is 13.8. The fourth-order valence-electron chi connectivity index (χ4n) is 2.10. The molecule has 1 unspecified atom stereocenters. The first-order chi connectivity index (χ1) is 9.09. The number of primary amides is 1. The number of aryl methyl sites for hydroxylation is 2. The summed E-state index contributed by atoms with van der Waals surface area (Å²) in [6.45, 7) is 3.98. The van der Waals surface area contributed by atoms with Crippen LogP contribution in [0.25, 0.3) is 0 Å². The Kier molecular flexibility index (Phi) is 3.85. The highest BCUT2D eigenvalue weighted by Crippen LogP contribution is 2.24. The molecule has 3 N–H and O–H groups in total. The van der Waals surface area contributed by atoms with E-state index in [0.717, 1.165) is 22.4 Å². The summed E-state index contributed by atoms with van der Waals surface area (Å²) in [6.07, 6.45) is 0. The Balaban J connectivity index is 2.35. The SMILES string of the molecule is Cc1ccccc1NC(C(N)=O)c1ccccc1C. The molecule has 1 atom stereocenters. The number of carbonyl (C=O) groups excluding carboxylic acids is 1. The van der Waals surface area contributed by atoms with Gasteiger partial charge < -0.3 is 11.1 Å². The van der Waals surface area contributed by atoms with Crippen LogP contribution in [0.2, 0.25) is 0 Å². The van der Waals surface area contributed by atoms with Gasteiger partial charge in [0.05, 0.1) is 0 Å². The number of anilines is 1. The quantitative estimate of drug-likeness (QED) is 0.881. The van der Waals surface area contributed by atoms with E-state index in [1.807, 2.05) is 62.4 Å². The van der Waals surface area contributed by atoms with Crippen molar-refractivity contribution in [1.29, 1.82) is 0 Å². The summed E-state index contributed by atoms with van der Waals surface area (Å²) in [6, 6.07) is 15.1. The molecule has 0 aliphatic heterocycles. The summed E-state index contributed by atoms with van der Waals surface area (Å²) in [5.74, 6) is -0.377. The standard InChI is InChI=1S/C16H18N2O/c1-11-7-3-5-9-13(11)15(16(17)19)18-14-10-6-4-8-12(14)2/h3-10,15,18H,1-2H3,(H2,17,19). The first kappa shape index (κ1) is 13.1. The van der Waals surface area contributed by atoms with E-state index in [-0.39, 0.29) is 5.91 Å². The molecule has 19 heavy (non-hydrogen) atoms. The molecule has 2 rings (SSSR count). The molecule has 0 saturated carbocycles. The molecule has 2 aromatic rings. The molecule has 0 heterocycles. The molecule has 0 saturated heterocycles. The van der Waals surface area contributed by atoms with Crippen LogP contribution in [0.5, 0.6) is 0 Å². The van der Waals surface area contributed by atoms with Crippen LogP contribution in [-0.4, -0.2) is 5.91 Å². The van der Waals surface area contributed by atoms with Gasteiger partial charge in [0.1, 0.15) is 6.04 Å². The number of hydrogen-bond acceptors (Lipinski definition) is 2. The van der Waals surface area contributed by atoms with E-state index in [1.165, 1.54) is 0 Å². The molecule has 2 aromatic carbocycles. The third kappa shape index (κ3) is 2.94. The third-order valence-corrected chi connectivity index (χ3v) is 3.23. The number of carbonyl (C=O) groups is 1. The van der Waals surface area contributed by atoms with Crippen LogP contribution in [0.15, 0.2) is 48.5 Å². The minimum Gasteiger partial charge on any atom is -0.370 e. The summed E-state index contributed by atoms with van der Waals surface area (Å²) >= 11 is 0. The topological polar surface area (TPSA) is 55.1 Å². The van der Waals surface area contributed by atoms with Gasteiger partial charge in [-0.2, -0.15) is 0 Å². The predicted molar refractivity (Wildman–Crippen MR) is 77.9 cm³/mol. The van der Waals surface area contributed by atoms with E-state index in [1.54, 1.807) is 0 Å². The van der Waals surface area contributed by atoms with Crippen molar-refractivity contribution in [3.05, 3.63) is 65.2 Å². The fourth-order valence-corrected chi connectivity index (χ4v) is 2.10. The number of hydrogen-bond donors (Lipinski definition) is 2. The molecule has 3 nitrogen and oxygen atoms in total. The molecule has 0 bridgehead atoms. The zero-order valence-corrected chi connectivity index (χ0v) is 11.2. The van der Waals surface area contributed by atoms with Crippen molar-refractivity contribution < 1.29 is 4.79 Å². The summed E-state index contributed by atoms with van der Waals surface area (Å²) in [5, 5.41) is 3.23. The average Bonchev–Trinajstić information content (AvgIpc) is 2.38. The number of nitrogens with two attached hydrogens (primary N) is 1. The van der Waals surface area contributed by atoms with Gasteiger partial charge in [-0.05, 0) is 36.6 Å². The van der Waals surface area contributed by atoms with Crippen molar-refractivity contribution in [1.82, 2.24) is 0 Å². The summed E-state index contributed by atoms with van der Waals surface area (Å²) in [5.41, 5.74) is 9.51. The second-order valence-electron chi connectivity index (χ2n) is 4.65. The highest BCUT2D eigenvalue weighted by Gasteiger charge is 2.19. The molecule has 0 aromatic heterocycles. The zero-order valence-electron chi connectivity index (χ0n) is 11.2. The number of rotatable bonds is 4. The Morgan fingerprint density at radius 1 is 1.00 bits per heavy atom. The maximum Gasteiger partial charge on any atom is 0.244 e. The molecular weight excluding hydrogens is 236 g/mol. The van der Waals surface area contributed by atoms with E-state index >= 15 is 0 Å².